The molecule has 0 bridgehead atoms. The van der Waals surface area contributed by atoms with E-state index in [2.05, 4.69) is 4.98 Å². The molecule has 0 spiro atoms. The lowest BCUT2D eigenvalue weighted by Crippen LogP contribution is -2.28. The number of fused-ring (bicyclic) bond motifs is 1. The van der Waals surface area contributed by atoms with Gasteiger partial charge in [0.1, 0.15) is 5.82 Å². The van der Waals surface area contributed by atoms with E-state index in [1.807, 2.05) is 0 Å². The maximum absolute atomic E-state index is 13.0. The molecule has 0 atom stereocenters. The number of aromatic nitrogens is 2. The fraction of sp³-hybridized carbons (Fsp3) is 0.0833. The second kappa shape index (κ2) is 4.71. The maximum Gasteiger partial charge on any atom is 0.283 e. The van der Waals surface area contributed by atoms with E-state index >= 15 is 0 Å². The molecule has 0 saturated heterocycles. The van der Waals surface area contributed by atoms with Gasteiger partial charge in [0.2, 0.25) is 5.03 Å². The average Bonchev–Trinajstić information content (AvgIpc) is 2.98. The summed E-state index contributed by atoms with van der Waals surface area (Å²) in [5.74, 6) is -0.496. The van der Waals surface area contributed by atoms with E-state index in [0.717, 1.165) is 4.31 Å². The zero-order chi connectivity index (χ0) is 15.2. The predicted molar refractivity (Wildman–Crippen MR) is 79.5 cm³/mol. The second-order valence-corrected chi connectivity index (χ2v) is 7.06. The fourth-order valence-electron chi connectivity index (χ4n) is 1.96. The Hall–Kier alpha value is -2.13. The lowest BCUT2D eigenvalue weighted by molar-refractivity contribution is 0.590. The summed E-state index contributed by atoms with van der Waals surface area (Å²) in [6.07, 6.45) is 1.59. The Morgan fingerprint density at radius 3 is 2.67 bits per heavy atom. The fourth-order valence-corrected chi connectivity index (χ4v) is 4.10. The highest BCUT2D eigenvalue weighted by atomic mass is 32.2. The minimum Gasteiger partial charge on any atom is -0.381 e. The van der Waals surface area contributed by atoms with Crippen LogP contribution in [0.4, 0.5) is 15.9 Å². The summed E-state index contributed by atoms with van der Waals surface area (Å²) in [6, 6.07) is 5.16. The summed E-state index contributed by atoms with van der Waals surface area (Å²) in [5.41, 5.74) is 6.07. The normalized spacial score (nSPS) is 11.9. The molecule has 0 unspecified atom stereocenters. The number of benzene rings is 1. The van der Waals surface area contributed by atoms with Crippen LogP contribution < -0.4 is 10.0 Å². The minimum atomic E-state index is -3.90. The van der Waals surface area contributed by atoms with E-state index in [9.17, 15) is 12.8 Å². The van der Waals surface area contributed by atoms with Crippen molar-refractivity contribution < 1.29 is 12.8 Å². The Morgan fingerprint density at radius 2 is 2.00 bits per heavy atom. The zero-order valence-electron chi connectivity index (χ0n) is 10.9. The van der Waals surface area contributed by atoms with Crippen molar-refractivity contribution in [2.24, 2.45) is 0 Å². The van der Waals surface area contributed by atoms with Crippen LogP contribution in [-0.2, 0) is 10.0 Å². The first-order chi connectivity index (χ1) is 9.91. The van der Waals surface area contributed by atoms with E-state index in [1.165, 1.54) is 47.1 Å². The van der Waals surface area contributed by atoms with E-state index in [1.54, 1.807) is 11.6 Å². The van der Waals surface area contributed by atoms with Crippen LogP contribution in [0.1, 0.15) is 0 Å². The molecule has 3 aromatic rings. The summed E-state index contributed by atoms with van der Waals surface area (Å²) in [7, 11) is -2.51. The molecule has 2 N–H and O–H groups in total. The number of nitrogens with two attached hydrogens (primary N) is 1. The smallest absolute Gasteiger partial charge is 0.283 e. The number of hydrogen-bond donors (Lipinski definition) is 1. The van der Waals surface area contributed by atoms with Crippen LogP contribution in [0, 0.1) is 5.82 Å². The topological polar surface area (TPSA) is 80.7 Å². The molecule has 2 heterocycles. The van der Waals surface area contributed by atoms with Crippen LogP contribution in [0.5, 0.6) is 0 Å². The molecule has 0 saturated carbocycles. The van der Waals surface area contributed by atoms with Gasteiger partial charge in [-0.3, -0.25) is 8.71 Å². The highest BCUT2D eigenvalue weighted by molar-refractivity contribution is 7.92. The third-order valence-electron chi connectivity index (χ3n) is 3.04. The van der Waals surface area contributed by atoms with Crippen LogP contribution in [0.15, 0.2) is 40.9 Å². The molecule has 2 aromatic heterocycles. The quantitative estimate of drug-likeness (QED) is 0.797. The first-order valence-corrected chi connectivity index (χ1v) is 8.19. The van der Waals surface area contributed by atoms with E-state index in [0.29, 0.717) is 10.6 Å². The predicted octanol–water partition coefficient (Wildman–Crippen LogP) is 1.94. The lowest BCUT2D eigenvalue weighted by Gasteiger charge is -2.19. The van der Waals surface area contributed by atoms with Gasteiger partial charge in [-0.05, 0) is 24.3 Å². The molecular weight excluding hydrogens is 315 g/mol. The van der Waals surface area contributed by atoms with Crippen molar-refractivity contribution in [3.8, 4) is 0 Å². The van der Waals surface area contributed by atoms with Crippen molar-refractivity contribution in [1.29, 1.82) is 0 Å². The van der Waals surface area contributed by atoms with E-state index in [4.69, 9.17) is 5.73 Å². The van der Waals surface area contributed by atoms with Crippen LogP contribution in [0.25, 0.3) is 4.96 Å². The van der Waals surface area contributed by atoms with E-state index < -0.39 is 15.8 Å². The molecule has 1 aromatic carbocycles. The summed E-state index contributed by atoms with van der Waals surface area (Å²) in [6.45, 7) is 0. The monoisotopic (exact) mass is 326 g/mol. The molecule has 0 radical (unpaired) electrons. The van der Waals surface area contributed by atoms with Crippen molar-refractivity contribution in [3.63, 3.8) is 0 Å². The largest absolute Gasteiger partial charge is 0.381 e. The van der Waals surface area contributed by atoms with Crippen LogP contribution in [0.3, 0.4) is 0 Å². The number of halogens is 1. The van der Waals surface area contributed by atoms with Crippen molar-refractivity contribution in [2.45, 2.75) is 5.03 Å². The lowest BCUT2D eigenvalue weighted by atomic mass is 10.3. The molecule has 9 heteroatoms. The zero-order valence-corrected chi connectivity index (χ0v) is 12.5. The molecule has 0 fully saturated rings. The Morgan fingerprint density at radius 1 is 1.33 bits per heavy atom. The number of nitrogens with zero attached hydrogens (tertiary/aromatic N) is 3. The number of thiazole rings is 1. The molecule has 0 aliphatic carbocycles. The summed E-state index contributed by atoms with van der Waals surface area (Å²) < 4.78 is 40.8. The average molecular weight is 326 g/mol. The highest BCUT2D eigenvalue weighted by Gasteiger charge is 2.29. The molecule has 0 aliphatic heterocycles. The van der Waals surface area contributed by atoms with Gasteiger partial charge < -0.3 is 5.73 Å². The van der Waals surface area contributed by atoms with Gasteiger partial charge in [0.15, 0.2) is 10.8 Å². The third-order valence-corrected chi connectivity index (χ3v) is 5.62. The van der Waals surface area contributed by atoms with Crippen LogP contribution in [0.2, 0.25) is 0 Å². The van der Waals surface area contributed by atoms with Gasteiger partial charge in [-0.2, -0.15) is 8.42 Å². The molecule has 21 heavy (non-hydrogen) atoms. The number of anilines is 2. The van der Waals surface area contributed by atoms with Crippen molar-refractivity contribution >= 4 is 37.8 Å². The van der Waals surface area contributed by atoms with Crippen molar-refractivity contribution in [2.75, 3.05) is 17.1 Å². The summed E-state index contributed by atoms with van der Waals surface area (Å²) in [4.78, 5) is 4.52. The Balaban J connectivity index is 2.13. The molecule has 6 nitrogen and oxygen atoms in total. The first-order valence-electron chi connectivity index (χ1n) is 5.87. The van der Waals surface area contributed by atoms with Gasteiger partial charge in [0, 0.05) is 18.6 Å². The van der Waals surface area contributed by atoms with Crippen LogP contribution >= 0.6 is 11.3 Å². The van der Waals surface area contributed by atoms with Crippen molar-refractivity contribution in [1.82, 2.24) is 9.38 Å². The second-order valence-electron chi connectivity index (χ2n) is 4.31. The highest BCUT2D eigenvalue weighted by Crippen LogP contribution is 2.28. The first kappa shape index (κ1) is 13.8. The molecular formula is C12H11FN4O2S2. The summed E-state index contributed by atoms with van der Waals surface area (Å²) >= 11 is 1.29. The summed E-state index contributed by atoms with van der Waals surface area (Å²) in [5, 5.41) is 1.63. The Bertz CT molecular complexity index is 899. The van der Waals surface area contributed by atoms with Crippen LogP contribution in [-0.4, -0.2) is 24.9 Å². The Kier molecular flexibility index (Phi) is 3.10. The van der Waals surface area contributed by atoms with Gasteiger partial charge in [-0.1, -0.05) is 0 Å². The minimum absolute atomic E-state index is 0.0594. The number of rotatable bonds is 3. The molecule has 110 valence electrons. The van der Waals surface area contributed by atoms with Crippen molar-refractivity contribution in [3.05, 3.63) is 41.7 Å². The maximum atomic E-state index is 13.0. The van der Waals surface area contributed by atoms with Gasteiger partial charge in [-0.15, -0.1) is 11.3 Å². The third kappa shape index (κ3) is 2.14. The number of nitrogen functional groups attached to an aromatic ring is 1. The van der Waals surface area contributed by atoms with Gasteiger partial charge >= 0.3 is 0 Å². The molecule has 0 amide bonds. The standard InChI is InChI=1S/C12H11FN4O2S2/c1-16(9-4-2-8(13)3-5-9)21(18,19)11-10(14)15-12-17(11)6-7-20-12/h2-7H,14H2,1H3. The van der Waals surface area contributed by atoms with Gasteiger partial charge in [0.25, 0.3) is 10.0 Å². The van der Waals surface area contributed by atoms with Gasteiger partial charge in [-0.25, -0.2) is 9.37 Å². The number of imidazole rings is 1. The molecule has 0 aliphatic rings. The SMILES string of the molecule is CN(c1ccc(F)cc1)S(=O)(=O)c1c(N)nc2sccn12. The van der Waals surface area contributed by atoms with Gasteiger partial charge in [0.05, 0.1) is 5.69 Å². The Labute approximate surface area is 124 Å². The molecule has 3 rings (SSSR count). The van der Waals surface area contributed by atoms with E-state index in [-0.39, 0.29) is 10.8 Å². The number of hydrogen-bond acceptors (Lipinski definition) is 5. The number of sulfonamides is 1.